The second kappa shape index (κ2) is 4.92. The number of benzene rings is 1. The maximum atomic E-state index is 13.4. The Balaban J connectivity index is 2.61. The number of halogens is 5. The van der Waals surface area contributed by atoms with Crippen LogP contribution in [0, 0.1) is 29.1 Å². The summed E-state index contributed by atoms with van der Waals surface area (Å²) in [5.74, 6) is -10.4. The van der Waals surface area contributed by atoms with E-state index < -0.39 is 34.8 Å². The summed E-state index contributed by atoms with van der Waals surface area (Å²) < 4.78 is 66.1. The van der Waals surface area contributed by atoms with Crippen molar-refractivity contribution in [3.63, 3.8) is 0 Å². The molecule has 0 spiro atoms. The van der Waals surface area contributed by atoms with Crippen LogP contribution in [0.3, 0.4) is 0 Å². The molecule has 2 aromatic rings. The van der Waals surface area contributed by atoms with Crippen molar-refractivity contribution < 1.29 is 27.1 Å². The first-order valence-corrected chi connectivity index (χ1v) is 5.01. The van der Waals surface area contributed by atoms with Gasteiger partial charge in [-0.15, -0.1) is 5.10 Å². The third-order valence-corrected chi connectivity index (χ3v) is 2.32. The predicted octanol–water partition coefficient (Wildman–Crippen LogP) is 1.50. The molecular formula is C10H6F5N3O. The minimum atomic E-state index is -2.24. The summed E-state index contributed by atoms with van der Waals surface area (Å²) in [6, 6.07) is 0. The highest BCUT2D eigenvalue weighted by Gasteiger charge is 2.27. The highest BCUT2D eigenvalue weighted by molar-refractivity contribution is 5.36. The Labute approximate surface area is 103 Å². The largest absolute Gasteiger partial charge is 0.396 e. The number of hydrogen-bond donors (Lipinski definition) is 1. The predicted molar refractivity (Wildman–Crippen MR) is 51.9 cm³/mol. The summed E-state index contributed by atoms with van der Waals surface area (Å²) >= 11 is 0. The van der Waals surface area contributed by atoms with E-state index in [9.17, 15) is 22.0 Å². The number of hydrogen-bond acceptors (Lipinski definition) is 3. The second-order valence-corrected chi connectivity index (χ2v) is 3.55. The molecule has 0 atom stereocenters. The Morgan fingerprint density at radius 3 is 2.00 bits per heavy atom. The summed E-state index contributed by atoms with van der Waals surface area (Å²) in [5, 5.41) is 15.3. The number of aromatic nitrogens is 3. The topological polar surface area (TPSA) is 50.9 Å². The molecule has 1 aromatic heterocycles. The van der Waals surface area contributed by atoms with E-state index in [4.69, 9.17) is 5.11 Å². The molecule has 9 heteroatoms. The summed E-state index contributed by atoms with van der Waals surface area (Å²) in [4.78, 5) is 0. The zero-order valence-electron chi connectivity index (χ0n) is 9.17. The van der Waals surface area contributed by atoms with Gasteiger partial charge in [-0.05, 0) is 0 Å². The number of rotatable bonds is 3. The molecule has 102 valence electrons. The van der Waals surface area contributed by atoms with Crippen molar-refractivity contribution in [2.24, 2.45) is 0 Å². The van der Waals surface area contributed by atoms with Crippen LogP contribution in [0.25, 0.3) is 5.69 Å². The quantitative estimate of drug-likeness (QED) is 0.526. The third-order valence-electron chi connectivity index (χ3n) is 2.32. The maximum absolute atomic E-state index is 13.4. The van der Waals surface area contributed by atoms with Crippen molar-refractivity contribution in [2.75, 3.05) is 6.61 Å². The van der Waals surface area contributed by atoms with Crippen LogP contribution in [0.4, 0.5) is 22.0 Å². The van der Waals surface area contributed by atoms with Gasteiger partial charge < -0.3 is 5.11 Å². The van der Waals surface area contributed by atoms with Gasteiger partial charge in [0.25, 0.3) is 0 Å². The Morgan fingerprint density at radius 1 is 0.947 bits per heavy atom. The first-order valence-electron chi connectivity index (χ1n) is 5.01. The van der Waals surface area contributed by atoms with Gasteiger partial charge in [0, 0.05) is 13.0 Å². The van der Waals surface area contributed by atoms with E-state index in [1.54, 1.807) is 0 Å². The summed E-state index contributed by atoms with van der Waals surface area (Å²) in [6.45, 7) is -0.296. The molecular weight excluding hydrogens is 273 g/mol. The molecule has 0 unspecified atom stereocenters. The summed E-state index contributed by atoms with van der Waals surface area (Å²) in [5.41, 5.74) is -1.07. The number of aliphatic hydroxyl groups is 1. The highest BCUT2D eigenvalue weighted by Crippen LogP contribution is 2.25. The van der Waals surface area contributed by atoms with E-state index in [0.29, 0.717) is 4.68 Å². The molecule has 0 amide bonds. The fraction of sp³-hybridized carbons (Fsp3) is 0.200. The van der Waals surface area contributed by atoms with Crippen molar-refractivity contribution in [1.82, 2.24) is 15.0 Å². The molecule has 1 heterocycles. The smallest absolute Gasteiger partial charge is 0.200 e. The molecule has 1 N–H and O–H groups in total. The lowest BCUT2D eigenvalue weighted by Gasteiger charge is -2.06. The van der Waals surface area contributed by atoms with Crippen molar-refractivity contribution >= 4 is 0 Å². The lowest BCUT2D eigenvalue weighted by atomic mass is 10.2. The Kier molecular flexibility index (Phi) is 3.47. The molecule has 0 bridgehead atoms. The highest BCUT2D eigenvalue weighted by atomic mass is 19.2. The van der Waals surface area contributed by atoms with Crippen LogP contribution >= 0.6 is 0 Å². The van der Waals surface area contributed by atoms with E-state index in [-0.39, 0.29) is 18.7 Å². The Morgan fingerprint density at radius 2 is 1.47 bits per heavy atom. The normalized spacial score (nSPS) is 11.1. The van der Waals surface area contributed by atoms with Crippen LogP contribution in [0.2, 0.25) is 0 Å². The first-order chi connectivity index (χ1) is 8.97. The van der Waals surface area contributed by atoms with Crippen molar-refractivity contribution in [3.05, 3.63) is 41.0 Å². The van der Waals surface area contributed by atoms with Gasteiger partial charge in [0.15, 0.2) is 23.3 Å². The molecule has 2 rings (SSSR count). The van der Waals surface area contributed by atoms with Crippen LogP contribution in [0.5, 0.6) is 0 Å². The van der Waals surface area contributed by atoms with Gasteiger partial charge in [-0.1, -0.05) is 5.21 Å². The molecule has 4 nitrogen and oxygen atoms in total. The molecule has 19 heavy (non-hydrogen) atoms. The average Bonchev–Trinajstić information content (AvgIpc) is 2.83. The third kappa shape index (κ3) is 2.16. The molecule has 0 radical (unpaired) electrons. The van der Waals surface area contributed by atoms with Crippen LogP contribution in [0.1, 0.15) is 5.69 Å². The van der Waals surface area contributed by atoms with E-state index in [1.165, 1.54) is 0 Å². The molecule has 1 aromatic carbocycles. The SMILES string of the molecule is OCCc1cn(-c2c(F)c(F)c(F)c(F)c2F)nn1. The zero-order valence-corrected chi connectivity index (χ0v) is 9.17. The number of aliphatic hydroxyl groups excluding tert-OH is 1. The molecule has 0 aliphatic carbocycles. The van der Waals surface area contributed by atoms with Crippen molar-refractivity contribution in [1.29, 1.82) is 0 Å². The molecule has 0 saturated heterocycles. The lowest BCUT2D eigenvalue weighted by molar-refractivity contribution is 0.298. The summed E-state index contributed by atoms with van der Waals surface area (Å²) in [7, 11) is 0. The van der Waals surface area contributed by atoms with Gasteiger partial charge >= 0.3 is 0 Å². The van der Waals surface area contributed by atoms with Crippen LogP contribution < -0.4 is 0 Å². The number of nitrogens with zero attached hydrogens (tertiary/aromatic N) is 3. The zero-order chi connectivity index (χ0) is 14.2. The van der Waals surface area contributed by atoms with E-state index in [2.05, 4.69) is 10.3 Å². The minimum absolute atomic E-state index is 0.0371. The van der Waals surface area contributed by atoms with Gasteiger partial charge in [-0.2, -0.15) is 0 Å². The summed E-state index contributed by atoms with van der Waals surface area (Å²) in [6.07, 6.45) is 1.00. The average molecular weight is 279 g/mol. The maximum Gasteiger partial charge on any atom is 0.200 e. The standard InChI is InChI=1S/C10H6F5N3O/c11-5-6(12)8(14)10(9(15)7(5)13)18-3-4(1-2-19)16-17-18/h3,19H,1-2H2. The van der Waals surface area contributed by atoms with Gasteiger partial charge in [-0.25, -0.2) is 26.6 Å². The van der Waals surface area contributed by atoms with E-state index in [0.717, 1.165) is 6.20 Å². The van der Waals surface area contributed by atoms with Crippen molar-refractivity contribution in [3.8, 4) is 5.69 Å². The second-order valence-electron chi connectivity index (χ2n) is 3.55. The van der Waals surface area contributed by atoms with Gasteiger partial charge in [0.2, 0.25) is 5.82 Å². The monoisotopic (exact) mass is 279 g/mol. The van der Waals surface area contributed by atoms with E-state index >= 15 is 0 Å². The molecule has 0 aliphatic heterocycles. The van der Waals surface area contributed by atoms with Crippen LogP contribution in [0.15, 0.2) is 6.20 Å². The van der Waals surface area contributed by atoms with Crippen LogP contribution in [-0.2, 0) is 6.42 Å². The van der Waals surface area contributed by atoms with Crippen molar-refractivity contribution in [2.45, 2.75) is 6.42 Å². The minimum Gasteiger partial charge on any atom is -0.396 e. The van der Waals surface area contributed by atoms with Gasteiger partial charge in [0.05, 0.1) is 11.9 Å². The fourth-order valence-corrected chi connectivity index (χ4v) is 1.43. The molecule has 0 saturated carbocycles. The lowest BCUT2D eigenvalue weighted by Crippen LogP contribution is -2.10. The molecule has 0 aliphatic rings. The molecule has 0 fully saturated rings. The Bertz CT molecular complexity index is 599. The van der Waals surface area contributed by atoms with E-state index in [1.807, 2.05) is 0 Å². The Hall–Kier alpha value is -2.03. The fourth-order valence-electron chi connectivity index (χ4n) is 1.43. The van der Waals surface area contributed by atoms with Gasteiger partial charge in [-0.3, -0.25) is 0 Å². The first kappa shape index (κ1) is 13.4. The van der Waals surface area contributed by atoms with Crippen LogP contribution in [-0.4, -0.2) is 26.7 Å². The van der Waals surface area contributed by atoms with Gasteiger partial charge in [0.1, 0.15) is 5.69 Å².